The predicted molar refractivity (Wildman–Crippen MR) is 128 cm³/mol. The van der Waals surface area contributed by atoms with Crippen molar-refractivity contribution in [3.05, 3.63) is 60.2 Å². The number of rotatable bonds is 9. The molecule has 1 heterocycles. The minimum absolute atomic E-state index is 0.0392. The van der Waals surface area contributed by atoms with Gasteiger partial charge in [0.05, 0.1) is 4.90 Å². The average molecular weight is 457 g/mol. The van der Waals surface area contributed by atoms with E-state index in [-0.39, 0.29) is 34.5 Å². The standard InChI is InChI=1S/C24H32N4O3S/c1-5-17(4)22(27-23-19-13-9-10-14-21(19)32(30,31)28-23)24(29)25-15-20(16(2)3)26-18-11-7-6-8-12-18/h6-14,16-17,20,22,26H,5,15H2,1-4H3,(H,25,29)(H,27,28)/t17-,20?,22-/m0/s1. The quantitative estimate of drug-likeness (QED) is 0.538. The Morgan fingerprint density at radius 3 is 2.34 bits per heavy atom. The van der Waals surface area contributed by atoms with E-state index in [0.717, 1.165) is 12.1 Å². The van der Waals surface area contributed by atoms with E-state index in [9.17, 15) is 13.2 Å². The number of nitrogens with one attached hydrogen (secondary N) is 3. The third-order valence-electron chi connectivity index (χ3n) is 5.81. The normalized spacial score (nSPS) is 18.5. The lowest BCUT2D eigenvalue weighted by Gasteiger charge is -2.26. The Labute approximate surface area is 190 Å². The Hall–Kier alpha value is -2.87. The summed E-state index contributed by atoms with van der Waals surface area (Å²) in [6, 6.07) is 15.9. The van der Waals surface area contributed by atoms with E-state index >= 15 is 0 Å². The average Bonchev–Trinajstić information content (AvgIpc) is 3.04. The van der Waals surface area contributed by atoms with Crippen LogP contribution in [0.5, 0.6) is 0 Å². The van der Waals surface area contributed by atoms with E-state index in [1.165, 1.54) is 0 Å². The number of para-hydroxylation sites is 1. The van der Waals surface area contributed by atoms with E-state index in [1.807, 2.05) is 44.2 Å². The van der Waals surface area contributed by atoms with Crippen LogP contribution in [0.4, 0.5) is 5.69 Å². The largest absolute Gasteiger partial charge is 0.380 e. The highest BCUT2D eigenvalue weighted by Crippen LogP contribution is 2.24. The minimum Gasteiger partial charge on any atom is -0.380 e. The van der Waals surface area contributed by atoms with Crippen molar-refractivity contribution in [1.29, 1.82) is 0 Å². The van der Waals surface area contributed by atoms with Gasteiger partial charge < -0.3 is 10.6 Å². The van der Waals surface area contributed by atoms with Gasteiger partial charge in [-0.15, -0.1) is 0 Å². The fraction of sp³-hybridized carbons (Fsp3) is 0.417. The molecule has 2 aromatic carbocycles. The molecule has 0 bridgehead atoms. The molecule has 1 aliphatic heterocycles. The lowest BCUT2D eigenvalue weighted by molar-refractivity contribution is -0.123. The Morgan fingerprint density at radius 1 is 1.03 bits per heavy atom. The maximum absolute atomic E-state index is 13.2. The van der Waals surface area contributed by atoms with Crippen LogP contribution in [0.3, 0.4) is 0 Å². The fourth-order valence-electron chi connectivity index (χ4n) is 3.55. The molecule has 0 aliphatic carbocycles. The molecule has 8 heteroatoms. The lowest BCUT2D eigenvalue weighted by Crippen LogP contribution is -2.45. The number of sulfonamides is 1. The van der Waals surface area contributed by atoms with Crippen molar-refractivity contribution in [3.8, 4) is 0 Å². The highest BCUT2D eigenvalue weighted by atomic mass is 32.2. The summed E-state index contributed by atoms with van der Waals surface area (Å²) in [6.45, 7) is 8.58. The second-order valence-corrected chi connectivity index (χ2v) is 10.2. The monoisotopic (exact) mass is 456 g/mol. The van der Waals surface area contributed by atoms with Crippen molar-refractivity contribution in [2.45, 2.75) is 51.1 Å². The Morgan fingerprint density at radius 2 is 1.69 bits per heavy atom. The first-order chi connectivity index (χ1) is 15.2. The van der Waals surface area contributed by atoms with Crippen LogP contribution in [0.15, 0.2) is 64.5 Å². The summed E-state index contributed by atoms with van der Waals surface area (Å²) < 4.78 is 27.3. The Kier molecular flexibility index (Phi) is 7.56. The molecule has 3 atom stereocenters. The van der Waals surface area contributed by atoms with Gasteiger partial charge in [0, 0.05) is 23.8 Å². The summed E-state index contributed by atoms with van der Waals surface area (Å²) in [5.74, 6) is 0.247. The number of hydrogen-bond donors (Lipinski definition) is 3. The van der Waals surface area contributed by atoms with E-state index in [4.69, 9.17) is 0 Å². The minimum atomic E-state index is -3.65. The molecule has 0 fully saturated rings. The first-order valence-corrected chi connectivity index (χ1v) is 12.5. The van der Waals surface area contributed by atoms with Crippen LogP contribution >= 0.6 is 0 Å². The SMILES string of the molecule is CC[C@H](C)[C@H](N=C1NS(=O)(=O)c2ccccc21)C(=O)NCC(Nc1ccccc1)C(C)C. The van der Waals surface area contributed by atoms with Crippen LogP contribution in [-0.4, -0.2) is 38.8 Å². The van der Waals surface area contributed by atoms with Gasteiger partial charge in [-0.05, 0) is 36.1 Å². The zero-order valence-electron chi connectivity index (χ0n) is 19.0. The van der Waals surface area contributed by atoms with Gasteiger partial charge in [-0.3, -0.25) is 14.5 Å². The zero-order valence-corrected chi connectivity index (χ0v) is 19.8. The van der Waals surface area contributed by atoms with E-state index < -0.39 is 16.1 Å². The van der Waals surface area contributed by atoms with Gasteiger partial charge in [0.25, 0.3) is 10.0 Å². The van der Waals surface area contributed by atoms with Crippen molar-refractivity contribution in [2.24, 2.45) is 16.8 Å². The number of hydrogen-bond acceptors (Lipinski definition) is 5. The number of carbonyl (C=O) groups excluding carboxylic acids is 1. The molecule has 3 rings (SSSR count). The molecular formula is C24H32N4O3S. The molecule has 172 valence electrons. The lowest BCUT2D eigenvalue weighted by atomic mass is 9.98. The predicted octanol–water partition coefficient (Wildman–Crippen LogP) is 3.39. The van der Waals surface area contributed by atoms with Crippen molar-refractivity contribution < 1.29 is 13.2 Å². The highest BCUT2D eigenvalue weighted by molar-refractivity contribution is 7.90. The molecule has 1 amide bonds. The van der Waals surface area contributed by atoms with Gasteiger partial charge in [0.2, 0.25) is 5.91 Å². The molecule has 0 radical (unpaired) electrons. The van der Waals surface area contributed by atoms with Crippen molar-refractivity contribution in [2.75, 3.05) is 11.9 Å². The number of anilines is 1. The zero-order chi connectivity index (χ0) is 23.3. The number of benzene rings is 2. The van der Waals surface area contributed by atoms with Crippen molar-refractivity contribution in [1.82, 2.24) is 10.0 Å². The Balaban J connectivity index is 1.78. The fourth-order valence-corrected chi connectivity index (χ4v) is 4.79. The number of amides is 1. The maximum Gasteiger partial charge on any atom is 0.263 e. The number of fused-ring (bicyclic) bond motifs is 1. The summed E-state index contributed by atoms with van der Waals surface area (Å²) in [4.78, 5) is 17.9. The third kappa shape index (κ3) is 5.48. The molecule has 7 nitrogen and oxygen atoms in total. The van der Waals surface area contributed by atoms with Crippen LogP contribution in [0.1, 0.15) is 39.7 Å². The van der Waals surface area contributed by atoms with Gasteiger partial charge in [-0.2, -0.15) is 0 Å². The van der Waals surface area contributed by atoms with Gasteiger partial charge in [-0.1, -0.05) is 64.4 Å². The molecular weight excluding hydrogens is 424 g/mol. The van der Waals surface area contributed by atoms with E-state index in [2.05, 4.69) is 34.2 Å². The van der Waals surface area contributed by atoms with Gasteiger partial charge in [0.15, 0.2) is 0 Å². The van der Waals surface area contributed by atoms with Gasteiger partial charge >= 0.3 is 0 Å². The summed E-state index contributed by atoms with van der Waals surface area (Å²) in [5, 5.41) is 6.50. The van der Waals surface area contributed by atoms with Crippen molar-refractivity contribution >= 4 is 27.5 Å². The molecule has 0 spiro atoms. The number of carbonyl (C=O) groups is 1. The molecule has 0 aromatic heterocycles. The van der Waals surface area contributed by atoms with Crippen LogP contribution < -0.4 is 15.4 Å². The van der Waals surface area contributed by atoms with Crippen LogP contribution in [0, 0.1) is 11.8 Å². The van der Waals surface area contributed by atoms with E-state index in [1.54, 1.807) is 24.3 Å². The summed E-state index contributed by atoms with van der Waals surface area (Å²) >= 11 is 0. The molecule has 1 aliphatic rings. The Bertz CT molecular complexity index is 1070. The van der Waals surface area contributed by atoms with Crippen LogP contribution in [-0.2, 0) is 14.8 Å². The molecule has 0 saturated carbocycles. The third-order valence-corrected chi connectivity index (χ3v) is 7.21. The second-order valence-electron chi connectivity index (χ2n) is 8.52. The number of amidine groups is 1. The van der Waals surface area contributed by atoms with Gasteiger partial charge in [0.1, 0.15) is 11.9 Å². The first kappa shape index (κ1) is 23.8. The number of nitrogens with zero attached hydrogens (tertiary/aromatic N) is 1. The molecule has 3 N–H and O–H groups in total. The highest BCUT2D eigenvalue weighted by Gasteiger charge is 2.33. The summed E-state index contributed by atoms with van der Waals surface area (Å²) in [6.07, 6.45) is 0.735. The second kappa shape index (κ2) is 10.2. The summed E-state index contributed by atoms with van der Waals surface area (Å²) in [5.41, 5.74) is 1.50. The molecule has 1 unspecified atom stereocenters. The van der Waals surface area contributed by atoms with Crippen LogP contribution in [0.2, 0.25) is 0 Å². The maximum atomic E-state index is 13.2. The van der Waals surface area contributed by atoms with Crippen molar-refractivity contribution in [3.63, 3.8) is 0 Å². The molecule has 0 saturated heterocycles. The van der Waals surface area contributed by atoms with E-state index in [0.29, 0.717) is 12.1 Å². The van der Waals surface area contributed by atoms with Gasteiger partial charge in [-0.25, -0.2) is 8.42 Å². The molecule has 2 aromatic rings. The van der Waals surface area contributed by atoms with Crippen LogP contribution in [0.25, 0.3) is 0 Å². The topological polar surface area (TPSA) is 99.7 Å². The molecule has 32 heavy (non-hydrogen) atoms. The number of aliphatic imine (C=N–C) groups is 1. The first-order valence-electron chi connectivity index (χ1n) is 11.0. The summed E-state index contributed by atoms with van der Waals surface area (Å²) in [7, 11) is -3.65. The smallest absolute Gasteiger partial charge is 0.263 e.